The van der Waals surface area contributed by atoms with Gasteiger partial charge in [-0.3, -0.25) is 24.8 Å². The van der Waals surface area contributed by atoms with E-state index in [-0.39, 0.29) is 18.2 Å². The molecule has 1 atom stereocenters. The summed E-state index contributed by atoms with van der Waals surface area (Å²) in [5.74, 6) is 0.515. The van der Waals surface area contributed by atoms with Crippen molar-refractivity contribution in [2.45, 2.75) is 44.2 Å². The van der Waals surface area contributed by atoms with Crippen molar-refractivity contribution >= 4 is 17.7 Å². The molecular formula is C23H22N6O3. The van der Waals surface area contributed by atoms with Crippen LogP contribution in [0, 0.1) is 0 Å². The van der Waals surface area contributed by atoms with Crippen molar-refractivity contribution < 1.29 is 14.4 Å². The number of nitrogens with one attached hydrogen (secondary N) is 2. The highest BCUT2D eigenvalue weighted by molar-refractivity contribution is 6.05. The van der Waals surface area contributed by atoms with Crippen LogP contribution in [0.3, 0.4) is 0 Å². The van der Waals surface area contributed by atoms with Crippen molar-refractivity contribution in [3.05, 3.63) is 47.3 Å². The van der Waals surface area contributed by atoms with Gasteiger partial charge < -0.3 is 9.47 Å². The van der Waals surface area contributed by atoms with Gasteiger partial charge in [-0.2, -0.15) is 5.10 Å². The second-order valence-corrected chi connectivity index (χ2v) is 8.82. The second-order valence-electron chi connectivity index (χ2n) is 8.82. The van der Waals surface area contributed by atoms with Crippen molar-refractivity contribution in [2.24, 2.45) is 7.05 Å². The Morgan fingerprint density at radius 1 is 1.06 bits per heavy atom. The molecule has 3 aromatic rings. The molecule has 1 saturated carbocycles. The third kappa shape index (κ3) is 3.04. The van der Waals surface area contributed by atoms with E-state index in [2.05, 4.69) is 21.6 Å². The first-order valence-corrected chi connectivity index (χ1v) is 10.8. The zero-order valence-corrected chi connectivity index (χ0v) is 17.6. The van der Waals surface area contributed by atoms with Gasteiger partial charge in [0.2, 0.25) is 11.8 Å². The fourth-order valence-electron chi connectivity index (χ4n) is 4.63. The van der Waals surface area contributed by atoms with Gasteiger partial charge in [0.05, 0.1) is 5.69 Å². The number of amides is 3. The summed E-state index contributed by atoms with van der Waals surface area (Å²) < 4.78 is 1.95. The molecule has 1 saturated heterocycles. The summed E-state index contributed by atoms with van der Waals surface area (Å²) in [6, 6.07) is 7.11. The van der Waals surface area contributed by atoms with Gasteiger partial charge in [-0.1, -0.05) is 6.07 Å². The Bertz CT molecular complexity index is 1280. The average molecular weight is 430 g/mol. The van der Waals surface area contributed by atoms with Crippen LogP contribution in [0.25, 0.3) is 22.8 Å². The first-order valence-electron chi connectivity index (χ1n) is 10.8. The lowest BCUT2D eigenvalue weighted by atomic mass is 10.0. The molecule has 1 aromatic carbocycles. The Morgan fingerprint density at radius 3 is 2.69 bits per heavy atom. The minimum absolute atomic E-state index is 0.174. The van der Waals surface area contributed by atoms with Crippen molar-refractivity contribution in [3.8, 4) is 22.8 Å². The number of aromatic amines is 1. The molecule has 2 fully saturated rings. The SMILES string of the molecule is Cn1cc(-c2ccc3c(c2)CN(C2CCC(=O)NC2=O)C3=O)nc1-c1cc(C2CC2)[nH]n1. The number of carbonyl (C=O) groups excluding carboxylic acids is 3. The largest absolute Gasteiger partial charge is 0.332 e. The number of H-pyrrole nitrogens is 1. The molecule has 9 nitrogen and oxygen atoms in total. The fraction of sp³-hybridized carbons (Fsp3) is 0.348. The Hall–Kier alpha value is -3.75. The number of nitrogens with zero attached hydrogens (tertiary/aromatic N) is 4. The molecule has 3 amide bonds. The van der Waals surface area contributed by atoms with Crippen molar-refractivity contribution in [2.75, 3.05) is 0 Å². The van der Waals surface area contributed by atoms with Crippen molar-refractivity contribution in [1.29, 1.82) is 0 Å². The molecular weight excluding hydrogens is 408 g/mol. The van der Waals surface area contributed by atoms with E-state index < -0.39 is 11.9 Å². The van der Waals surface area contributed by atoms with Crippen LogP contribution in [0.2, 0.25) is 0 Å². The fourth-order valence-corrected chi connectivity index (χ4v) is 4.63. The van der Waals surface area contributed by atoms with Crippen LogP contribution in [-0.2, 0) is 23.2 Å². The van der Waals surface area contributed by atoms with E-state index in [1.54, 1.807) is 11.0 Å². The van der Waals surface area contributed by atoms with Crippen LogP contribution < -0.4 is 5.32 Å². The number of imide groups is 1. The van der Waals surface area contributed by atoms with E-state index in [0.717, 1.165) is 34.0 Å². The Balaban J connectivity index is 1.27. The van der Waals surface area contributed by atoms with E-state index in [1.165, 1.54) is 12.8 Å². The van der Waals surface area contributed by atoms with Crippen LogP contribution in [-0.4, -0.2) is 48.4 Å². The summed E-state index contributed by atoms with van der Waals surface area (Å²) in [7, 11) is 1.94. The third-order valence-corrected chi connectivity index (χ3v) is 6.54. The Morgan fingerprint density at radius 2 is 1.91 bits per heavy atom. The average Bonchev–Trinajstić information content (AvgIpc) is 3.23. The summed E-state index contributed by atoms with van der Waals surface area (Å²) in [6.45, 7) is 0.345. The lowest BCUT2D eigenvalue weighted by molar-refractivity contribution is -0.136. The van der Waals surface area contributed by atoms with Gasteiger partial charge in [-0.25, -0.2) is 4.98 Å². The first-order chi connectivity index (χ1) is 15.5. The number of imidazole rings is 1. The first kappa shape index (κ1) is 19.0. The summed E-state index contributed by atoms with van der Waals surface area (Å²) >= 11 is 0. The summed E-state index contributed by atoms with van der Waals surface area (Å²) in [6.07, 6.45) is 4.97. The maximum absolute atomic E-state index is 12.9. The molecule has 0 spiro atoms. The number of benzene rings is 1. The number of rotatable bonds is 4. The van der Waals surface area contributed by atoms with E-state index in [9.17, 15) is 14.4 Å². The van der Waals surface area contributed by atoms with Crippen LogP contribution in [0.15, 0.2) is 30.5 Å². The van der Waals surface area contributed by atoms with E-state index in [1.807, 2.05) is 29.9 Å². The van der Waals surface area contributed by atoms with Crippen LogP contribution in [0.5, 0.6) is 0 Å². The third-order valence-electron chi connectivity index (χ3n) is 6.54. The van der Waals surface area contributed by atoms with Gasteiger partial charge in [0, 0.05) is 48.9 Å². The maximum Gasteiger partial charge on any atom is 0.255 e. The smallest absolute Gasteiger partial charge is 0.255 e. The zero-order valence-electron chi connectivity index (χ0n) is 17.6. The molecule has 0 bridgehead atoms. The molecule has 4 heterocycles. The van der Waals surface area contributed by atoms with Gasteiger partial charge in [-0.05, 0) is 43.0 Å². The van der Waals surface area contributed by atoms with Gasteiger partial charge in [0.25, 0.3) is 5.91 Å². The highest BCUT2D eigenvalue weighted by atomic mass is 16.2. The van der Waals surface area contributed by atoms with E-state index in [0.29, 0.717) is 24.4 Å². The van der Waals surface area contributed by atoms with Gasteiger partial charge in [0.1, 0.15) is 11.7 Å². The standard InChI is InChI=1S/C23H22N6O3/c1-28-11-18(24-21(28)17-9-16(26-27-17)12-2-3-12)13-4-5-15-14(8-13)10-29(23(15)32)19-6-7-20(30)25-22(19)31/h4-5,8-9,11-12,19H,2-3,6-7,10H2,1H3,(H,26,27)(H,25,30,31). The lowest BCUT2D eigenvalue weighted by Crippen LogP contribution is -2.52. The number of hydrogen-bond acceptors (Lipinski definition) is 5. The quantitative estimate of drug-likeness (QED) is 0.616. The van der Waals surface area contributed by atoms with Gasteiger partial charge in [-0.15, -0.1) is 0 Å². The van der Waals surface area contributed by atoms with Gasteiger partial charge >= 0.3 is 0 Å². The predicted octanol–water partition coefficient (Wildman–Crippen LogP) is 2.12. The van der Waals surface area contributed by atoms with Gasteiger partial charge in [0.15, 0.2) is 5.82 Å². The Kier molecular flexibility index (Phi) is 4.08. The van der Waals surface area contributed by atoms with Crippen LogP contribution in [0.4, 0.5) is 0 Å². The number of hydrogen-bond donors (Lipinski definition) is 2. The lowest BCUT2D eigenvalue weighted by Gasteiger charge is -2.29. The molecule has 1 unspecified atom stereocenters. The number of carbonyl (C=O) groups is 3. The molecule has 6 rings (SSSR count). The topological polar surface area (TPSA) is 113 Å². The summed E-state index contributed by atoms with van der Waals surface area (Å²) in [5.41, 5.74) is 5.14. The molecule has 9 heteroatoms. The molecule has 32 heavy (non-hydrogen) atoms. The van der Waals surface area contributed by atoms with Crippen molar-refractivity contribution in [3.63, 3.8) is 0 Å². The monoisotopic (exact) mass is 430 g/mol. The summed E-state index contributed by atoms with van der Waals surface area (Å²) in [5, 5.41) is 9.89. The molecule has 2 N–H and O–H groups in total. The minimum Gasteiger partial charge on any atom is -0.332 e. The molecule has 3 aliphatic rings. The predicted molar refractivity (Wildman–Crippen MR) is 114 cm³/mol. The van der Waals surface area contributed by atoms with Crippen LogP contribution >= 0.6 is 0 Å². The highest BCUT2D eigenvalue weighted by Gasteiger charge is 2.39. The molecule has 0 radical (unpaired) electrons. The number of aryl methyl sites for hydroxylation is 1. The van der Waals surface area contributed by atoms with E-state index >= 15 is 0 Å². The minimum atomic E-state index is -0.613. The van der Waals surface area contributed by atoms with Crippen LogP contribution in [0.1, 0.15) is 53.2 Å². The summed E-state index contributed by atoms with van der Waals surface area (Å²) in [4.78, 5) is 43.0. The Labute approximate surface area is 183 Å². The normalized spacial score (nSPS) is 20.6. The molecule has 2 aromatic heterocycles. The second kappa shape index (κ2) is 6.88. The van der Waals surface area contributed by atoms with Crippen molar-refractivity contribution in [1.82, 2.24) is 30.0 Å². The zero-order chi connectivity index (χ0) is 22.0. The number of fused-ring (bicyclic) bond motifs is 1. The molecule has 1 aliphatic carbocycles. The van der Waals surface area contributed by atoms with E-state index in [4.69, 9.17) is 4.98 Å². The number of piperidine rings is 1. The highest BCUT2D eigenvalue weighted by Crippen LogP contribution is 2.40. The maximum atomic E-state index is 12.9. The molecule has 162 valence electrons. The number of aromatic nitrogens is 4. The molecule has 2 aliphatic heterocycles.